The monoisotopic (exact) mass is 312 g/mol. The SMILES string of the molecule is CC(C)(C)c1ccc(NC(=O)Cc2ccc([N+](=O)[O-])cc2)cc1. The van der Waals surface area contributed by atoms with Gasteiger partial charge in [-0.15, -0.1) is 0 Å². The Morgan fingerprint density at radius 3 is 2.09 bits per heavy atom. The van der Waals surface area contributed by atoms with Gasteiger partial charge in [-0.05, 0) is 28.7 Å². The highest BCUT2D eigenvalue weighted by Gasteiger charge is 2.13. The number of anilines is 1. The Bertz CT molecular complexity index is 699. The van der Waals surface area contributed by atoms with E-state index in [1.165, 1.54) is 17.7 Å². The Labute approximate surface area is 135 Å². The van der Waals surface area contributed by atoms with Gasteiger partial charge in [-0.2, -0.15) is 0 Å². The molecule has 0 heterocycles. The van der Waals surface area contributed by atoms with Crippen LogP contribution in [-0.2, 0) is 16.6 Å². The largest absolute Gasteiger partial charge is 0.326 e. The lowest BCUT2D eigenvalue weighted by Gasteiger charge is -2.19. The van der Waals surface area contributed by atoms with Crippen LogP contribution in [0.25, 0.3) is 0 Å². The second-order valence-electron chi connectivity index (χ2n) is 6.48. The first-order valence-electron chi connectivity index (χ1n) is 7.39. The molecule has 0 radical (unpaired) electrons. The molecule has 0 bridgehead atoms. The summed E-state index contributed by atoms with van der Waals surface area (Å²) in [6.07, 6.45) is 0.180. The predicted molar refractivity (Wildman–Crippen MR) is 90.6 cm³/mol. The number of carbonyl (C=O) groups is 1. The number of nitro benzene ring substituents is 1. The molecule has 2 aromatic carbocycles. The first kappa shape index (κ1) is 16.7. The minimum atomic E-state index is -0.458. The van der Waals surface area contributed by atoms with E-state index in [2.05, 4.69) is 26.1 Å². The van der Waals surface area contributed by atoms with Crippen molar-refractivity contribution >= 4 is 17.3 Å². The van der Waals surface area contributed by atoms with Crippen LogP contribution in [0.1, 0.15) is 31.9 Å². The fraction of sp³-hybridized carbons (Fsp3) is 0.278. The van der Waals surface area contributed by atoms with Gasteiger partial charge < -0.3 is 5.32 Å². The molecule has 0 spiro atoms. The van der Waals surface area contributed by atoms with Gasteiger partial charge >= 0.3 is 0 Å². The van der Waals surface area contributed by atoms with Gasteiger partial charge in [0.1, 0.15) is 0 Å². The normalized spacial score (nSPS) is 11.1. The predicted octanol–water partition coefficient (Wildman–Crippen LogP) is 4.07. The smallest absolute Gasteiger partial charge is 0.269 e. The maximum Gasteiger partial charge on any atom is 0.269 e. The number of benzene rings is 2. The minimum absolute atomic E-state index is 0.0203. The average molecular weight is 312 g/mol. The highest BCUT2D eigenvalue weighted by Crippen LogP contribution is 2.23. The number of non-ortho nitro benzene ring substituents is 1. The van der Waals surface area contributed by atoms with Crippen LogP contribution in [0.15, 0.2) is 48.5 Å². The molecule has 0 unspecified atom stereocenters. The zero-order chi connectivity index (χ0) is 17.0. The second kappa shape index (κ2) is 6.60. The summed E-state index contributed by atoms with van der Waals surface area (Å²) in [6, 6.07) is 13.8. The van der Waals surface area contributed by atoms with E-state index in [0.29, 0.717) is 0 Å². The van der Waals surface area contributed by atoms with Gasteiger partial charge in [0.05, 0.1) is 11.3 Å². The third kappa shape index (κ3) is 4.64. The number of hydrogen-bond acceptors (Lipinski definition) is 3. The summed E-state index contributed by atoms with van der Waals surface area (Å²) < 4.78 is 0. The van der Waals surface area contributed by atoms with E-state index >= 15 is 0 Å². The zero-order valence-electron chi connectivity index (χ0n) is 13.5. The quantitative estimate of drug-likeness (QED) is 0.683. The van der Waals surface area contributed by atoms with Crippen LogP contribution >= 0.6 is 0 Å². The van der Waals surface area contributed by atoms with Crippen molar-refractivity contribution in [1.82, 2.24) is 0 Å². The molecular weight excluding hydrogens is 292 g/mol. The maximum atomic E-state index is 12.0. The summed E-state index contributed by atoms with van der Waals surface area (Å²) in [5, 5.41) is 13.4. The molecule has 5 heteroatoms. The van der Waals surface area contributed by atoms with Gasteiger partial charge in [-0.25, -0.2) is 0 Å². The summed E-state index contributed by atoms with van der Waals surface area (Å²) >= 11 is 0. The minimum Gasteiger partial charge on any atom is -0.326 e. The Balaban J connectivity index is 1.98. The van der Waals surface area contributed by atoms with Crippen molar-refractivity contribution in [3.8, 4) is 0 Å². The van der Waals surface area contributed by atoms with E-state index < -0.39 is 4.92 Å². The molecule has 0 fully saturated rings. The Kier molecular flexibility index (Phi) is 4.79. The van der Waals surface area contributed by atoms with Crippen molar-refractivity contribution < 1.29 is 9.72 Å². The van der Waals surface area contributed by atoms with Crippen LogP contribution in [0.4, 0.5) is 11.4 Å². The van der Waals surface area contributed by atoms with Crippen LogP contribution in [0.5, 0.6) is 0 Å². The van der Waals surface area contributed by atoms with Crippen molar-refractivity contribution in [2.45, 2.75) is 32.6 Å². The van der Waals surface area contributed by atoms with E-state index in [1.807, 2.05) is 24.3 Å². The molecule has 0 aromatic heterocycles. The summed E-state index contributed by atoms with van der Waals surface area (Å²) in [7, 11) is 0. The summed E-state index contributed by atoms with van der Waals surface area (Å²) in [6.45, 7) is 6.40. The lowest BCUT2D eigenvalue weighted by atomic mass is 9.87. The van der Waals surface area contributed by atoms with E-state index in [0.717, 1.165) is 11.3 Å². The molecule has 2 rings (SSSR count). The van der Waals surface area contributed by atoms with E-state index in [4.69, 9.17) is 0 Å². The number of carbonyl (C=O) groups excluding carboxylic acids is 1. The summed E-state index contributed by atoms with van der Waals surface area (Å²) in [5.74, 6) is -0.151. The molecule has 5 nitrogen and oxygen atoms in total. The van der Waals surface area contributed by atoms with Crippen LogP contribution in [0, 0.1) is 10.1 Å². The molecule has 0 saturated heterocycles. The molecule has 1 amide bonds. The fourth-order valence-corrected chi connectivity index (χ4v) is 2.18. The van der Waals surface area contributed by atoms with Gasteiger partial charge in [0, 0.05) is 17.8 Å². The van der Waals surface area contributed by atoms with Crippen molar-refractivity contribution in [2.75, 3.05) is 5.32 Å². The number of nitrogens with zero attached hydrogens (tertiary/aromatic N) is 1. The summed E-state index contributed by atoms with van der Waals surface area (Å²) in [4.78, 5) is 22.2. The Morgan fingerprint density at radius 2 is 1.61 bits per heavy atom. The molecule has 23 heavy (non-hydrogen) atoms. The number of nitrogens with one attached hydrogen (secondary N) is 1. The van der Waals surface area contributed by atoms with E-state index in [-0.39, 0.29) is 23.4 Å². The third-order valence-electron chi connectivity index (χ3n) is 3.55. The number of hydrogen-bond donors (Lipinski definition) is 1. The number of rotatable bonds is 4. The lowest BCUT2D eigenvalue weighted by Crippen LogP contribution is -2.15. The molecule has 1 N–H and O–H groups in total. The van der Waals surface area contributed by atoms with Crippen molar-refractivity contribution in [3.05, 3.63) is 69.8 Å². The Hall–Kier alpha value is -2.69. The van der Waals surface area contributed by atoms with Crippen molar-refractivity contribution in [1.29, 1.82) is 0 Å². The molecule has 120 valence electrons. The first-order valence-corrected chi connectivity index (χ1v) is 7.39. The van der Waals surface area contributed by atoms with Crippen LogP contribution in [0.3, 0.4) is 0 Å². The first-order chi connectivity index (χ1) is 10.8. The lowest BCUT2D eigenvalue weighted by molar-refractivity contribution is -0.384. The van der Waals surface area contributed by atoms with Crippen LogP contribution in [-0.4, -0.2) is 10.8 Å². The molecule has 0 aliphatic carbocycles. The maximum absolute atomic E-state index is 12.0. The molecule has 0 atom stereocenters. The third-order valence-corrected chi connectivity index (χ3v) is 3.55. The highest BCUT2D eigenvalue weighted by molar-refractivity contribution is 5.92. The molecule has 0 aliphatic rings. The van der Waals surface area contributed by atoms with Gasteiger partial charge in [0.25, 0.3) is 5.69 Å². The zero-order valence-corrected chi connectivity index (χ0v) is 13.5. The second-order valence-corrected chi connectivity index (χ2v) is 6.48. The topological polar surface area (TPSA) is 72.2 Å². The van der Waals surface area contributed by atoms with E-state index in [9.17, 15) is 14.9 Å². The van der Waals surface area contributed by atoms with Gasteiger partial charge in [-0.3, -0.25) is 14.9 Å². The molecule has 2 aromatic rings. The average Bonchev–Trinajstić information content (AvgIpc) is 2.47. The number of amides is 1. The van der Waals surface area contributed by atoms with Crippen molar-refractivity contribution in [2.24, 2.45) is 0 Å². The van der Waals surface area contributed by atoms with Crippen LogP contribution in [0.2, 0.25) is 0 Å². The molecule has 0 aliphatic heterocycles. The Morgan fingerprint density at radius 1 is 1.04 bits per heavy atom. The highest BCUT2D eigenvalue weighted by atomic mass is 16.6. The van der Waals surface area contributed by atoms with Gasteiger partial charge in [0.15, 0.2) is 0 Å². The van der Waals surface area contributed by atoms with Gasteiger partial charge in [0.2, 0.25) is 5.91 Å². The molecular formula is C18H20N2O3. The van der Waals surface area contributed by atoms with Crippen LogP contribution < -0.4 is 5.32 Å². The van der Waals surface area contributed by atoms with Crippen molar-refractivity contribution in [3.63, 3.8) is 0 Å². The van der Waals surface area contributed by atoms with Gasteiger partial charge in [-0.1, -0.05) is 45.0 Å². The molecule has 0 saturated carbocycles. The standard InChI is InChI=1S/C18H20N2O3/c1-18(2,3)14-6-8-15(9-7-14)19-17(21)12-13-4-10-16(11-5-13)20(22)23/h4-11H,12H2,1-3H3,(H,19,21). The summed E-state index contributed by atoms with van der Waals surface area (Å²) in [5.41, 5.74) is 2.77. The van der Waals surface area contributed by atoms with E-state index in [1.54, 1.807) is 12.1 Å². The fourth-order valence-electron chi connectivity index (χ4n) is 2.18. The number of nitro groups is 1.